The molecular weight excluding hydrogens is 270 g/mol. The lowest BCUT2D eigenvalue weighted by molar-refractivity contribution is 0.418. The Balaban J connectivity index is 2.32. The maximum atomic E-state index is 12.7. The van der Waals surface area contributed by atoms with E-state index < -0.39 is 15.1 Å². The van der Waals surface area contributed by atoms with Crippen LogP contribution in [-0.4, -0.2) is 13.7 Å². The van der Waals surface area contributed by atoms with Gasteiger partial charge in [0, 0.05) is 0 Å². The van der Waals surface area contributed by atoms with Gasteiger partial charge >= 0.3 is 0 Å². The third-order valence-electron chi connectivity index (χ3n) is 4.14. The molecule has 0 saturated heterocycles. The molecule has 1 aliphatic carbocycles. The van der Waals surface area contributed by atoms with E-state index in [-0.39, 0.29) is 5.92 Å². The van der Waals surface area contributed by atoms with Crippen LogP contribution in [0.2, 0.25) is 0 Å². The van der Waals surface area contributed by atoms with Gasteiger partial charge in [0.05, 0.1) is 22.1 Å². The SMILES string of the molecule is CC(C)c1ccc(S(=O)(=O)C2CCCCC2C#N)cc1. The van der Waals surface area contributed by atoms with E-state index >= 15 is 0 Å². The maximum Gasteiger partial charge on any atom is 0.182 e. The Hall–Kier alpha value is -1.34. The van der Waals surface area contributed by atoms with Crippen molar-refractivity contribution < 1.29 is 8.42 Å². The Labute approximate surface area is 121 Å². The molecule has 2 atom stereocenters. The molecule has 3 nitrogen and oxygen atoms in total. The zero-order valence-electron chi connectivity index (χ0n) is 12.0. The van der Waals surface area contributed by atoms with Gasteiger partial charge in [0.2, 0.25) is 0 Å². The normalized spacial score (nSPS) is 23.5. The molecule has 1 aromatic rings. The van der Waals surface area contributed by atoms with E-state index in [2.05, 4.69) is 19.9 Å². The van der Waals surface area contributed by atoms with Crippen LogP contribution in [0.5, 0.6) is 0 Å². The fraction of sp³-hybridized carbons (Fsp3) is 0.562. The molecule has 0 spiro atoms. The molecule has 0 amide bonds. The van der Waals surface area contributed by atoms with E-state index in [4.69, 9.17) is 0 Å². The van der Waals surface area contributed by atoms with Crippen molar-refractivity contribution in [2.75, 3.05) is 0 Å². The zero-order chi connectivity index (χ0) is 14.8. The summed E-state index contributed by atoms with van der Waals surface area (Å²) in [5.41, 5.74) is 1.13. The predicted molar refractivity (Wildman–Crippen MR) is 79.1 cm³/mol. The van der Waals surface area contributed by atoms with Gasteiger partial charge < -0.3 is 0 Å². The van der Waals surface area contributed by atoms with Crippen LogP contribution >= 0.6 is 0 Å². The van der Waals surface area contributed by atoms with Gasteiger partial charge in [-0.3, -0.25) is 0 Å². The molecule has 0 bridgehead atoms. The second-order valence-electron chi connectivity index (χ2n) is 5.83. The highest BCUT2D eigenvalue weighted by molar-refractivity contribution is 7.92. The molecular formula is C16H21NO2S. The summed E-state index contributed by atoms with van der Waals surface area (Å²) >= 11 is 0. The Kier molecular flexibility index (Phi) is 4.49. The van der Waals surface area contributed by atoms with Gasteiger partial charge in [0.25, 0.3) is 0 Å². The molecule has 0 heterocycles. The van der Waals surface area contributed by atoms with Gasteiger partial charge in [-0.05, 0) is 36.5 Å². The summed E-state index contributed by atoms with van der Waals surface area (Å²) in [7, 11) is -3.39. The largest absolute Gasteiger partial charge is 0.223 e. The summed E-state index contributed by atoms with van der Waals surface area (Å²) in [5.74, 6) is 0.0202. The number of nitrogens with zero attached hydrogens (tertiary/aromatic N) is 1. The van der Waals surface area contributed by atoms with Gasteiger partial charge in [-0.15, -0.1) is 0 Å². The lowest BCUT2D eigenvalue weighted by Crippen LogP contribution is -2.32. The summed E-state index contributed by atoms with van der Waals surface area (Å²) in [4.78, 5) is 0.356. The van der Waals surface area contributed by atoms with Gasteiger partial charge in [0.15, 0.2) is 9.84 Å². The van der Waals surface area contributed by atoms with Crippen LogP contribution in [0.1, 0.15) is 51.0 Å². The molecule has 1 saturated carbocycles. The molecule has 0 aliphatic heterocycles. The van der Waals surface area contributed by atoms with Crippen LogP contribution in [0, 0.1) is 17.2 Å². The number of nitriles is 1. The van der Waals surface area contributed by atoms with Gasteiger partial charge in [-0.2, -0.15) is 5.26 Å². The third-order valence-corrected chi connectivity index (χ3v) is 6.43. The average molecular weight is 291 g/mol. The third kappa shape index (κ3) is 2.88. The second kappa shape index (κ2) is 5.97. The molecule has 0 radical (unpaired) electrons. The first kappa shape index (κ1) is 15.1. The summed E-state index contributed by atoms with van der Waals surface area (Å²) in [6.45, 7) is 4.16. The maximum absolute atomic E-state index is 12.7. The topological polar surface area (TPSA) is 57.9 Å². The smallest absolute Gasteiger partial charge is 0.182 e. The first-order chi connectivity index (χ1) is 9.46. The lowest BCUT2D eigenvalue weighted by Gasteiger charge is -2.26. The first-order valence-corrected chi connectivity index (χ1v) is 8.75. The summed E-state index contributed by atoms with van der Waals surface area (Å²) < 4.78 is 25.4. The standard InChI is InChI=1S/C16H21NO2S/c1-12(2)13-7-9-15(10-8-13)20(18,19)16-6-4-3-5-14(16)11-17/h7-10,12,14,16H,3-6H2,1-2H3. The van der Waals surface area contributed by atoms with Crippen molar-refractivity contribution >= 4 is 9.84 Å². The van der Waals surface area contributed by atoms with Crippen LogP contribution in [0.25, 0.3) is 0 Å². The Bertz CT molecular complexity index is 596. The van der Waals surface area contributed by atoms with E-state index in [9.17, 15) is 13.7 Å². The molecule has 2 unspecified atom stereocenters. The van der Waals surface area contributed by atoms with Crippen LogP contribution in [0.15, 0.2) is 29.2 Å². The summed E-state index contributed by atoms with van der Waals surface area (Å²) in [6.07, 6.45) is 3.15. The highest BCUT2D eigenvalue weighted by Crippen LogP contribution is 2.33. The Morgan fingerprint density at radius 2 is 1.75 bits per heavy atom. The molecule has 0 N–H and O–H groups in total. The quantitative estimate of drug-likeness (QED) is 0.853. The van der Waals surface area contributed by atoms with Crippen molar-refractivity contribution in [1.29, 1.82) is 5.26 Å². The highest BCUT2D eigenvalue weighted by Gasteiger charge is 2.36. The summed E-state index contributed by atoms with van der Waals surface area (Å²) in [5, 5.41) is 8.64. The molecule has 4 heteroatoms. The van der Waals surface area contributed by atoms with Crippen molar-refractivity contribution in [2.24, 2.45) is 5.92 Å². The number of benzene rings is 1. The summed E-state index contributed by atoms with van der Waals surface area (Å²) in [6, 6.07) is 9.31. The molecule has 1 aromatic carbocycles. The van der Waals surface area contributed by atoms with Crippen LogP contribution in [-0.2, 0) is 9.84 Å². The molecule has 20 heavy (non-hydrogen) atoms. The van der Waals surface area contributed by atoms with E-state index in [1.807, 2.05) is 12.1 Å². The average Bonchev–Trinajstić information content (AvgIpc) is 2.47. The lowest BCUT2D eigenvalue weighted by atomic mass is 9.90. The second-order valence-corrected chi connectivity index (χ2v) is 7.99. The number of hydrogen-bond donors (Lipinski definition) is 0. The number of rotatable bonds is 3. The molecule has 0 aromatic heterocycles. The minimum atomic E-state index is -3.39. The molecule has 1 aliphatic rings. The zero-order valence-corrected chi connectivity index (χ0v) is 12.9. The molecule has 2 rings (SSSR count). The van der Waals surface area contributed by atoms with E-state index in [0.717, 1.165) is 18.4 Å². The van der Waals surface area contributed by atoms with Crippen molar-refractivity contribution in [1.82, 2.24) is 0 Å². The minimum absolute atomic E-state index is 0.356. The number of hydrogen-bond acceptors (Lipinski definition) is 3. The Morgan fingerprint density at radius 3 is 2.30 bits per heavy atom. The first-order valence-electron chi connectivity index (χ1n) is 7.20. The van der Waals surface area contributed by atoms with Gasteiger partial charge in [-0.1, -0.05) is 38.8 Å². The fourth-order valence-electron chi connectivity index (χ4n) is 2.83. The minimum Gasteiger partial charge on any atom is -0.223 e. The van der Waals surface area contributed by atoms with E-state index in [0.29, 0.717) is 23.7 Å². The predicted octanol–water partition coefficient (Wildman–Crippen LogP) is 3.67. The van der Waals surface area contributed by atoms with Crippen LogP contribution in [0.3, 0.4) is 0 Å². The number of sulfone groups is 1. The Morgan fingerprint density at radius 1 is 1.15 bits per heavy atom. The fourth-order valence-corrected chi connectivity index (χ4v) is 4.80. The van der Waals surface area contributed by atoms with Crippen molar-refractivity contribution in [3.05, 3.63) is 29.8 Å². The van der Waals surface area contributed by atoms with Crippen LogP contribution in [0.4, 0.5) is 0 Å². The molecule has 1 fully saturated rings. The van der Waals surface area contributed by atoms with Gasteiger partial charge in [-0.25, -0.2) is 8.42 Å². The van der Waals surface area contributed by atoms with Crippen LogP contribution < -0.4 is 0 Å². The van der Waals surface area contributed by atoms with Gasteiger partial charge in [0.1, 0.15) is 0 Å². The van der Waals surface area contributed by atoms with Crippen molar-refractivity contribution in [3.8, 4) is 6.07 Å². The molecule has 108 valence electrons. The van der Waals surface area contributed by atoms with Crippen molar-refractivity contribution in [2.45, 2.75) is 55.6 Å². The van der Waals surface area contributed by atoms with E-state index in [1.54, 1.807) is 12.1 Å². The van der Waals surface area contributed by atoms with E-state index in [1.165, 1.54) is 0 Å². The highest BCUT2D eigenvalue weighted by atomic mass is 32.2. The van der Waals surface area contributed by atoms with Crippen molar-refractivity contribution in [3.63, 3.8) is 0 Å². The monoisotopic (exact) mass is 291 g/mol.